The standard InChI is InChI=1S/C19H22N2O4/c1-21(12-14-7-8-17-18(11-14)25-10-9-24-17)13-19(22)20-15-5-3-4-6-16(15)23-2/h3-8,11H,9-10,12-13H2,1-2H3,(H,20,22). The Labute approximate surface area is 147 Å². The fourth-order valence-corrected chi connectivity index (χ4v) is 2.74. The highest BCUT2D eigenvalue weighted by atomic mass is 16.6. The number of amides is 1. The van der Waals surface area contributed by atoms with Gasteiger partial charge in [0.1, 0.15) is 19.0 Å². The zero-order valence-corrected chi connectivity index (χ0v) is 14.5. The van der Waals surface area contributed by atoms with E-state index >= 15 is 0 Å². The molecule has 0 saturated heterocycles. The Hall–Kier alpha value is -2.73. The smallest absolute Gasteiger partial charge is 0.238 e. The topological polar surface area (TPSA) is 60.0 Å². The first-order chi connectivity index (χ1) is 12.2. The fraction of sp³-hybridized carbons (Fsp3) is 0.316. The van der Waals surface area contributed by atoms with E-state index in [9.17, 15) is 4.79 Å². The molecule has 0 saturated carbocycles. The fourth-order valence-electron chi connectivity index (χ4n) is 2.74. The molecule has 0 aliphatic carbocycles. The van der Waals surface area contributed by atoms with Gasteiger partial charge in [0.25, 0.3) is 0 Å². The predicted octanol–water partition coefficient (Wildman–Crippen LogP) is 2.54. The van der Waals surface area contributed by atoms with Gasteiger partial charge in [-0.25, -0.2) is 0 Å². The maximum atomic E-state index is 12.3. The summed E-state index contributed by atoms with van der Waals surface area (Å²) in [6, 6.07) is 13.2. The zero-order chi connectivity index (χ0) is 17.6. The molecular formula is C19H22N2O4. The van der Waals surface area contributed by atoms with E-state index in [1.165, 1.54) is 0 Å². The molecule has 0 fully saturated rings. The Morgan fingerprint density at radius 1 is 1.16 bits per heavy atom. The summed E-state index contributed by atoms with van der Waals surface area (Å²) in [7, 11) is 3.48. The lowest BCUT2D eigenvalue weighted by atomic mass is 10.2. The van der Waals surface area contributed by atoms with E-state index in [2.05, 4.69) is 5.32 Å². The van der Waals surface area contributed by atoms with E-state index in [1.54, 1.807) is 7.11 Å². The minimum absolute atomic E-state index is 0.0930. The number of nitrogens with zero attached hydrogens (tertiary/aromatic N) is 1. The normalized spacial score (nSPS) is 12.8. The summed E-state index contributed by atoms with van der Waals surface area (Å²) >= 11 is 0. The van der Waals surface area contributed by atoms with Gasteiger partial charge in [0, 0.05) is 6.54 Å². The molecule has 132 valence electrons. The molecule has 1 heterocycles. The number of methoxy groups -OCH3 is 1. The van der Waals surface area contributed by atoms with Crippen LogP contribution in [0.15, 0.2) is 42.5 Å². The Balaban J connectivity index is 1.57. The maximum Gasteiger partial charge on any atom is 0.238 e. The van der Waals surface area contributed by atoms with E-state index < -0.39 is 0 Å². The first kappa shape index (κ1) is 17.1. The Bertz CT molecular complexity index is 748. The summed E-state index contributed by atoms with van der Waals surface area (Å²) in [5.74, 6) is 2.08. The zero-order valence-electron chi connectivity index (χ0n) is 14.5. The van der Waals surface area contributed by atoms with E-state index in [0.717, 1.165) is 17.1 Å². The number of carbonyl (C=O) groups is 1. The molecule has 6 heteroatoms. The number of nitrogens with one attached hydrogen (secondary N) is 1. The van der Waals surface area contributed by atoms with Gasteiger partial charge in [0.05, 0.1) is 19.3 Å². The summed E-state index contributed by atoms with van der Waals surface area (Å²) in [5, 5.41) is 2.88. The van der Waals surface area contributed by atoms with Crippen LogP contribution in [0.5, 0.6) is 17.2 Å². The van der Waals surface area contributed by atoms with Crippen molar-refractivity contribution in [2.75, 3.05) is 39.2 Å². The Kier molecular flexibility index (Phi) is 5.40. The van der Waals surface area contributed by atoms with Crippen LogP contribution in [0.1, 0.15) is 5.56 Å². The van der Waals surface area contributed by atoms with Crippen molar-refractivity contribution in [3.8, 4) is 17.2 Å². The minimum atomic E-state index is -0.0930. The molecule has 1 N–H and O–H groups in total. The number of para-hydroxylation sites is 2. The summed E-state index contributed by atoms with van der Waals surface area (Å²) in [6.07, 6.45) is 0. The third kappa shape index (κ3) is 4.42. The van der Waals surface area contributed by atoms with Crippen LogP contribution in [0.3, 0.4) is 0 Å². The van der Waals surface area contributed by atoms with Gasteiger partial charge in [-0.2, -0.15) is 0 Å². The number of likely N-dealkylation sites (N-methyl/N-ethyl adjacent to an activating group) is 1. The van der Waals surface area contributed by atoms with Crippen LogP contribution in [0.2, 0.25) is 0 Å². The summed E-state index contributed by atoms with van der Waals surface area (Å²) in [4.78, 5) is 14.2. The monoisotopic (exact) mass is 342 g/mol. The molecule has 0 atom stereocenters. The highest BCUT2D eigenvalue weighted by Gasteiger charge is 2.14. The summed E-state index contributed by atoms with van der Waals surface area (Å²) in [5.41, 5.74) is 1.74. The number of hydrogen-bond acceptors (Lipinski definition) is 5. The average Bonchev–Trinajstić information content (AvgIpc) is 2.62. The van der Waals surface area contributed by atoms with Crippen LogP contribution >= 0.6 is 0 Å². The number of hydrogen-bond donors (Lipinski definition) is 1. The number of rotatable bonds is 6. The lowest BCUT2D eigenvalue weighted by Gasteiger charge is -2.21. The van der Waals surface area contributed by atoms with Gasteiger partial charge < -0.3 is 19.5 Å². The van der Waals surface area contributed by atoms with Gasteiger partial charge in [-0.1, -0.05) is 18.2 Å². The predicted molar refractivity (Wildman–Crippen MR) is 95.4 cm³/mol. The van der Waals surface area contributed by atoms with Crippen LogP contribution in [-0.4, -0.2) is 44.7 Å². The van der Waals surface area contributed by atoms with E-state index in [1.807, 2.05) is 54.4 Å². The van der Waals surface area contributed by atoms with E-state index in [4.69, 9.17) is 14.2 Å². The largest absolute Gasteiger partial charge is 0.495 e. The lowest BCUT2D eigenvalue weighted by Crippen LogP contribution is -2.30. The van der Waals surface area contributed by atoms with Crippen LogP contribution in [0.25, 0.3) is 0 Å². The van der Waals surface area contributed by atoms with Gasteiger partial charge in [-0.15, -0.1) is 0 Å². The molecule has 2 aromatic rings. The van der Waals surface area contributed by atoms with Crippen molar-refractivity contribution in [3.63, 3.8) is 0 Å². The molecule has 0 spiro atoms. The van der Waals surface area contributed by atoms with Crippen molar-refractivity contribution in [3.05, 3.63) is 48.0 Å². The molecule has 1 aliphatic heterocycles. The first-order valence-electron chi connectivity index (χ1n) is 8.15. The molecule has 0 bridgehead atoms. The highest BCUT2D eigenvalue weighted by Crippen LogP contribution is 2.31. The number of fused-ring (bicyclic) bond motifs is 1. The molecule has 0 unspecified atom stereocenters. The molecule has 0 aromatic heterocycles. The molecule has 1 aliphatic rings. The molecule has 25 heavy (non-hydrogen) atoms. The molecule has 0 radical (unpaired) electrons. The van der Waals surface area contributed by atoms with Crippen LogP contribution < -0.4 is 19.5 Å². The van der Waals surface area contributed by atoms with Crippen molar-refractivity contribution < 1.29 is 19.0 Å². The summed E-state index contributed by atoms with van der Waals surface area (Å²) < 4.78 is 16.4. The number of ether oxygens (including phenoxy) is 3. The molecule has 1 amide bonds. The van der Waals surface area contributed by atoms with Crippen LogP contribution in [-0.2, 0) is 11.3 Å². The number of carbonyl (C=O) groups excluding carboxylic acids is 1. The van der Waals surface area contributed by atoms with Gasteiger partial charge in [-0.05, 0) is 36.9 Å². The third-order valence-electron chi connectivity index (χ3n) is 3.85. The van der Waals surface area contributed by atoms with Crippen LogP contribution in [0, 0.1) is 0 Å². The minimum Gasteiger partial charge on any atom is -0.495 e. The van der Waals surface area contributed by atoms with E-state index in [-0.39, 0.29) is 12.5 Å². The quantitative estimate of drug-likeness (QED) is 0.874. The van der Waals surface area contributed by atoms with Crippen molar-refractivity contribution in [2.24, 2.45) is 0 Å². The molecule has 2 aromatic carbocycles. The van der Waals surface area contributed by atoms with Crippen molar-refractivity contribution >= 4 is 11.6 Å². The first-order valence-corrected chi connectivity index (χ1v) is 8.15. The Morgan fingerprint density at radius 3 is 2.72 bits per heavy atom. The van der Waals surface area contributed by atoms with E-state index in [0.29, 0.717) is 31.2 Å². The third-order valence-corrected chi connectivity index (χ3v) is 3.85. The summed E-state index contributed by atoms with van der Waals surface area (Å²) in [6.45, 7) is 2.05. The van der Waals surface area contributed by atoms with Gasteiger partial charge in [0.15, 0.2) is 11.5 Å². The number of anilines is 1. The van der Waals surface area contributed by atoms with Crippen molar-refractivity contribution in [1.29, 1.82) is 0 Å². The van der Waals surface area contributed by atoms with Crippen molar-refractivity contribution in [1.82, 2.24) is 4.90 Å². The number of benzene rings is 2. The molecular weight excluding hydrogens is 320 g/mol. The molecule has 3 rings (SSSR count). The second kappa shape index (κ2) is 7.90. The second-order valence-corrected chi connectivity index (χ2v) is 5.90. The highest BCUT2D eigenvalue weighted by molar-refractivity contribution is 5.93. The maximum absolute atomic E-state index is 12.3. The Morgan fingerprint density at radius 2 is 1.92 bits per heavy atom. The van der Waals surface area contributed by atoms with Gasteiger partial charge in [-0.3, -0.25) is 9.69 Å². The van der Waals surface area contributed by atoms with Crippen molar-refractivity contribution in [2.45, 2.75) is 6.54 Å². The van der Waals surface area contributed by atoms with Gasteiger partial charge in [0.2, 0.25) is 5.91 Å². The SMILES string of the molecule is COc1ccccc1NC(=O)CN(C)Cc1ccc2c(c1)OCCO2. The van der Waals surface area contributed by atoms with Gasteiger partial charge >= 0.3 is 0 Å². The molecule has 6 nitrogen and oxygen atoms in total. The lowest BCUT2D eigenvalue weighted by molar-refractivity contribution is -0.117. The second-order valence-electron chi connectivity index (χ2n) is 5.90. The van der Waals surface area contributed by atoms with Crippen LogP contribution in [0.4, 0.5) is 5.69 Å². The average molecular weight is 342 g/mol.